The van der Waals surface area contributed by atoms with Crippen molar-refractivity contribution in [3.63, 3.8) is 0 Å². The summed E-state index contributed by atoms with van der Waals surface area (Å²) in [6, 6.07) is 5.88. The minimum atomic E-state index is 0.847. The van der Waals surface area contributed by atoms with Crippen LogP contribution >= 0.6 is 11.3 Å². The van der Waals surface area contributed by atoms with Crippen molar-refractivity contribution < 1.29 is 4.74 Å². The highest BCUT2D eigenvalue weighted by Crippen LogP contribution is 2.31. The number of fused-ring (bicyclic) bond motifs is 1. The Morgan fingerprint density at radius 3 is 2.89 bits per heavy atom. The summed E-state index contributed by atoms with van der Waals surface area (Å²) in [5.41, 5.74) is 2.91. The van der Waals surface area contributed by atoms with Gasteiger partial charge in [0.1, 0.15) is 5.75 Å². The summed E-state index contributed by atoms with van der Waals surface area (Å²) in [4.78, 5) is 4.55. The maximum atomic E-state index is 5.22. The lowest BCUT2D eigenvalue weighted by Gasteiger charge is -1.97. The molecule has 0 saturated heterocycles. The van der Waals surface area contributed by atoms with Gasteiger partial charge in [-0.15, -0.1) is 0 Å². The van der Waals surface area contributed by atoms with Gasteiger partial charge in [-0.25, -0.2) is 4.98 Å². The molecule has 0 radical (unpaired) electrons. The van der Waals surface area contributed by atoms with E-state index in [0.717, 1.165) is 32.5 Å². The van der Waals surface area contributed by atoms with Gasteiger partial charge in [0, 0.05) is 13.2 Å². The van der Waals surface area contributed by atoms with Gasteiger partial charge in [-0.3, -0.25) is 4.68 Å². The highest BCUT2D eigenvalue weighted by molar-refractivity contribution is 7.22. The van der Waals surface area contributed by atoms with Crippen LogP contribution in [0.5, 0.6) is 5.75 Å². The number of thiazole rings is 1. The highest BCUT2D eigenvalue weighted by Gasteiger charge is 2.08. The van der Waals surface area contributed by atoms with Crippen LogP contribution in [0.1, 0.15) is 5.69 Å². The summed E-state index contributed by atoms with van der Waals surface area (Å²) >= 11 is 1.60. The molecule has 0 aliphatic heterocycles. The molecular formula is C13H14N4OS. The predicted molar refractivity (Wildman–Crippen MR) is 77.4 cm³/mol. The average molecular weight is 274 g/mol. The molecule has 0 bridgehead atoms. The number of aryl methyl sites for hydroxylation is 2. The zero-order valence-electron chi connectivity index (χ0n) is 11.0. The third-order valence-electron chi connectivity index (χ3n) is 2.85. The molecule has 6 heteroatoms. The molecule has 1 N–H and O–H groups in total. The van der Waals surface area contributed by atoms with Crippen LogP contribution in [-0.4, -0.2) is 21.9 Å². The number of hydrogen-bond acceptors (Lipinski definition) is 5. The number of ether oxygens (including phenoxy) is 1. The van der Waals surface area contributed by atoms with Gasteiger partial charge >= 0.3 is 0 Å². The van der Waals surface area contributed by atoms with Crippen LogP contribution in [0.2, 0.25) is 0 Å². The quantitative estimate of drug-likeness (QED) is 0.797. The Morgan fingerprint density at radius 2 is 2.21 bits per heavy atom. The molecule has 0 atom stereocenters. The van der Waals surface area contributed by atoms with Crippen LogP contribution in [0.25, 0.3) is 10.2 Å². The average Bonchev–Trinajstić information content (AvgIpc) is 2.91. The van der Waals surface area contributed by atoms with E-state index in [-0.39, 0.29) is 0 Å². The standard InChI is InChI=1S/C13H14N4OS/c1-8-11(7-17(2)16-8)15-13-14-10-5-4-9(18-3)6-12(10)19-13/h4-7H,1-3H3,(H,14,15). The molecule has 1 aromatic carbocycles. The number of rotatable bonds is 3. The normalized spacial score (nSPS) is 10.9. The SMILES string of the molecule is COc1ccc2nc(Nc3cn(C)nc3C)sc2c1. The summed E-state index contributed by atoms with van der Waals surface area (Å²) in [5.74, 6) is 0.847. The van der Waals surface area contributed by atoms with Gasteiger partial charge in [0.15, 0.2) is 5.13 Å². The van der Waals surface area contributed by atoms with E-state index in [9.17, 15) is 0 Å². The smallest absolute Gasteiger partial charge is 0.188 e. The molecule has 0 spiro atoms. The molecule has 98 valence electrons. The van der Waals surface area contributed by atoms with Crippen LogP contribution < -0.4 is 10.1 Å². The Bertz CT molecular complexity index is 731. The van der Waals surface area contributed by atoms with E-state index in [0.29, 0.717) is 0 Å². The second-order valence-corrected chi connectivity index (χ2v) is 5.31. The van der Waals surface area contributed by atoms with Crippen molar-refractivity contribution in [3.8, 4) is 5.75 Å². The number of aromatic nitrogens is 3. The minimum Gasteiger partial charge on any atom is -0.497 e. The van der Waals surface area contributed by atoms with E-state index in [1.165, 1.54) is 0 Å². The number of benzene rings is 1. The van der Waals surface area contributed by atoms with Crippen molar-refractivity contribution >= 4 is 32.4 Å². The van der Waals surface area contributed by atoms with Crippen LogP contribution in [0.15, 0.2) is 24.4 Å². The lowest BCUT2D eigenvalue weighted by molar-refractivity contribution is 0.415. The van der Waals surface area contributed by atoms with E-state index in [4.69, 9.17) is 4.74 Å². The van der Waals surface area contributed by atoms with Crippen LogP contribution in [0.3, 0.4) is 0 Å². The highest BCUT2D eigenvalue weighted by atomic mass is 32.1. The Morgan fingerprint density at radius 1 is 1.37 bits per heavy atom. The largest absolute Gasteiger partial charge is 0.497 e. The van der Waals surface area contributed by atoms with Crippen molar-refractivity contribution in [2.75, 3.05) is 12.4 Å². The van der Waals surface area contributed by atoms with Crippen molar-refractivity contribution in [2.24, 2.45) is 7.05 Å². The van der Waals surface area contributed by atoms with Gasteiger partial charge in [0.05, 0.1) is 28.7 Å². The topological polar surface area (TPSA) is 52.0 Å². The Hall–Kier alpha value is -2.08. The van der Waals surface area contributed by atoms with Gasteiger partial charge in [0.25, 0.3) is 0 Å². The summed E-state index contributed by atoms with van der Waals surface area (Å²) in [6.45, 7) is 1.97. The van der Waals surface area contributed by atoms with Crippen LogP contribution in [0.4, 0.5) is 10.8 Å². The van der Waals surface area contributed by atoms with Crippen molar-refractivity contribution in [2.45, 2.75) is 6.92 Å². The molecule has 2 aromatic heterocycles. The first-order valence-electron chi connectivity index (χ1n) is 5.87. The first-order valence-corrected chi connectivity index (χ1v) is 6.69. The van der Waals surface area contributed by atoms with Crippen LogP contribution in [0, 0.1) is 6.92 Å². The maximum Gasteiger partial charge on any atom is 0.188 e. The third kappa shape index (κ3) is 2.26. The van der Waals surface area contributed by atoms with Gasteiger partial charge in [-0.05, 0) is 25.1 Å². The third-order valence-corrected chi connectivity index (χ3v) is 3.78. The first kappa shape index (κ1) is 12.0. The fourth-order valence-electron chi connectivity index (χ4n) is 1.92. The van der Waals surface area contributed by atoms with Crippen molar-refractivity contribution in [1.29, 1.82) is 0 Å². The summed E-state index contributed by atoms with van der Waals surface area (Å²) in [7, 11) is 3.57. The molecule has 2 heterocycles. The second-order valence-electron chi connectivity index (χ2n) is 4.28. The number of methoxy groups -OCH3 is 1. The summed E-state index contributed by atoms with van der Waals surface area (Å²) in [5, 5.41) is 8.46. The molecule has 3 aromatic rings. The molecule has 0 amide bonds. The van der Waals surface area contributed by atoms with Gasteiger partial charge < -0.3 is 10.1 Å². The van der Waals surface area contributed by atoms with E-state index in [1.807, 2.05) is 38.4 Å². The second kappa shape index (κ2) is 4.55. The van der Waals surface area contributed by atoms with E-state index >= 15 is 0 Å². The lowest BCUT2D eigenvalue weighted by Crippen LogP contribution is -1.89. The minimum absolute atomic E-state index is 0.847. The van der Waals surface area contributed by atoms with E-state index < -0.39 is 0 Å². The predicted octanol–water partition coefficient (Wildman–Crippen LogP) is 3.09. The fourth-order valence-corrected chi connectivity index (χ4v) is 2.83. The molecule has 0 aliphatic rings. The fraction of sp³-hybridized carbons (Fsp3) is 0.231. The van der Waals surface area contributed by atoms with Crippen molar-refractivity contribution in [3.05, 3.63) is 30.1 Å². The number of anilines is 2. The molecule has 0 aliphatic carbocycles. The Labute approximate surface area is 114 Å². The zero-order valence-corrected chi connectivity index (χ0v) is 11.8. The molecule has 3 rings (SSSR count). The van der Waals surface area contributed by atoms with E-state index in [2.05, 4.69) is 15.4 Å². The van der Waals surface area contributed by atoms with Crippen molar-refractivity contribution in [1.82, 2.24) is 14.8 Å². The molecular weight excluding hydrogens is 260 g/mol. The molecule has 0 unspecified atom stereocenters. The zero-order chi connectivity index (χ0) is 13.4. The van der Waals surface area contributed by atoms with Gasteiger partial charge in [-0.2, -0.15) is 5.10 Å². The number of nitrogens with one attached hydrogen (secondary N) is 1. The number of nitrogens with zero attached hydrogens (tertiary/aromatic N) is 3. The molecule has 5 nitrogen and oxygen atoms in total. The monoisotopic (exact) mass is 274 g/mol. The lowest BCUT2D eigenvalue weighted by atomic mass is 10.3. The molecule has 19 heavy (non-hydrogen) atoms. The number of hydrogen-bond donors (Lipinski definition) is 1. The van der Waals surface area contributed by atoms with Crippen LogP contribution in [-0.2, 0) is 7.05 Å². The molecule has 0 saturated carbocycles. The first-order chi connectivity index (χ1) is 9.15. The maximum absolute atomic E-state index is 5.22. The summed E-state index contributed by atoms with van der Waals surface area (Å²) < 4.78 is 8.10. The Balaban J connectivity index is 1.95. The van der Waals surface area contributed by atoms with Gasteiger partial charge in [0.2, 0.25) is 0 Å². The Kier molecular flexibility index (Phi) is 2.87. The van der Waals surface area contributed by atoms with Gasteiger partial charge in [-0.1, -0.05) is 11.3 Å². The molecule has 0 fully saturated rings. The van der Waals surface area contributed by atoms with E-state index in [1.54, 1.807) is 23.1 Å². The summed E-state index contributed by atoms with van der Waals surface area (Å²) in [6.07, 6.45) is 1.95.